The molecule has 1 unspecified atom stereocenters. The van der Waals surface area contributed by atoms with E-state index in [4.69, 9.17) is 23.2 Å². The van der Waals surface area contributed by atoms with Crippen LogP contribution in [0, 0.1) is 0 Å². The van der Waals surface area contributed by atoms with Gasteiger partial charge in [-0.2, -0.15) is 0 Å². The predicted molar refractivity (Wildman–Crippen MR) is 124 cm³/mol. The highest BCUT2D eigenvalue weighted by Crippen LogP contribution is 2.50. The normalized spacial score (nSPS) is 11.4. The van der Waals surface area contributed by atoms with Crippen molar-refractivity contribution in [3.05, 3.63) is 130 Å². The second-order valence-corrected chi connectivity index (χ2v) is 8.34. The number of benzene rings is 4. The maximum absolute atomic E-state index is 7.03. The topological polar surface area (TPSA) is 0 Å². The van der Waals surface area contributed by atoms with Gasteiger partial charge in [-0.15, -0.1) is 9.24 Å². The molecular formula is C25H19Cl2P. The summed E-state index contributed by atoms with van der Waals surface area (Å²) in [5.41, 5.74) is 5.16. The molecule has 0 N–H and O–H groups in total. The first-order chi connectivity index (χ1) is 13.6. The molecule has 0 spiro atoms. The Morgan fingerprint density at radius 3 is 1.54 bits per heavy atom. The van der Waals surface area contributed by atoms with Crippen molar-refractivity contribution in [2.45, 2.75) is 5.16 Å². The minimum atomic E-state index is -0.492. The Kier molecular flexibility index (Phi) is 5.56. The van der Waals surface area contributed by atoms with E-state index in [0.29, 0.717) is 10.0 Å². The van der Waals surface area contributed by atoms with Crippen molar-refractivity contribution in [1.82, 2.24) is 0 Å². The molecule has 1 atom stereocenters. The first-order valence-electron chi connectivity index (χ1n) is 9.06. The largest absolute Gasteiger partial charge is 0.117 e. The molecule has 0 saturated heterocycles. The van der Waals surface area contributed by atoms with Crippen molar-refractivity contribution in [3.63, 3.8) is 0 Å². The van der Waals surface area contributed by atoms with Crippen LogP contribution < -0.4 is 0 Å². The molecule has 0 bridgehead atoms. The fraction of sp³-hybridized carbons (Fsp3) is 0.0400. The molecular weight excluding hydrogens is 402 g/mol. The zero-order valence-electron chi connectivity index (χ0n) is 15.1. The average molecular weight is 421 g/mol. The molecule has 0 nitrogen and oxygen atoms in total. The van der Waals surface area contributed by atoms with Crippen LogP contribution in [0.3, 0.4) is 0 Å². The third-order valence-corrected chi connectivity index (χ3v) is 6.72. The third-order valence-electron chi connectivity index (χ3n) is 5.04. The van der Waals surface area contributed by atoms with Gasteiger partial charge in [-0.25, -0.2) is 0 Å². The molecule has 0 radical (unpaired) electrons. The summed E-state index contributed by atoms with van der Waals surface area (Å²) < 4.78 is 0. The Balaban J connectivity index is 2.02. The van der Waals surface area contributed by atoms with Gasteiger partial charge < -0.3 is 0 Å². The molecule has 0 fully saturated rings. The summed E-state index contributed by atoms with van der Waals surface area (Å²) in [6, 6.07) is 34.8. The van der Waals surface area contributed by atoms with Crippen LogP contribution in [-0.2, 0) is 5.16 Å². The summed E-state index contributed by atoms with van der Waals surface area (Å²) in [7, 11) is 3.04. The van der Waals surface area contributed by atoms with E-state index < -0.39 is 5.16 Å². The molecule has 4 rings (SSSR count). The third kappa shape index (κ3) is 3.38. The van der Waals surface area contributed by atoms with E-state index in [0.717, 1.165) is 27.8 Å². The van der Waals surface area contributed by atoms with Gasteiger partial charge in [0.1, 0.15) is 0 Å². The smallest absolute Gasteiger partial charge is 0.0606 e. The first kappa shape index (κ1) is 19.2. The number of halogens is 2. The molecule has 4 aromatic carbocycles. The van der Waals surface area contributed by atoms with E-state index in [2.05, 4.69) is 57.8 Å². The molecule has 138 valence electrons. The highest BCUT2D eigenvalue weighted by molar-refractivity contribution is 7.19. The van der Waals surface area contributed by atoms with E-state index in [1.807, 2.05) is 54.6 Å². The van der Waals surface area contributed by atoms with Gasteiger partial charge in [-0.05, 0) is 28.3 Å². The second-order valence-electron chi connectivity index (χ2n) is 6.69. The Morgan fingerprint density at radius 1 is 0.571 bits per heavy atom. The van der Waals surface area contributed by atoms with Crippen LogP contribution in [0.4, 0.5) is 0 Å². The zero-order valence-corrected chi connectivity index (χ0v) is 17.8. The molecule has 0 aliphatic rings. The lowest BCUT2D eigenvalue weighted by atomic mass is 9.82. The lowest BCUT2D eigenvalue weighted by Crippen LogP contribution is -2.22. The second kappa shape index (κ2) is 8.10. The summed E-state index contributed by atoms with van der Waals surface area (Å²) in [5.74, 6) is 0. The minimum Gasteiger partial charge on any atom is -0.117 e. The van der Waals surface area contributed by atoms with Crippen molar-refractivity contribution < 1.29 is 0 Å². The maximum atomic E-state index is 7.03. The van der Waals surface area contributed by atoms with Gasteiger partial charge in [0.2, 0.25) is 0 Å². The van der Waals surface area contributed by atoms with E-state index in [1.54, 1.807) is 0 Å². The molecule has 0 aromatic heterocycles. The van der Waals surface area contributed by atoms with Crippen LogP contribution in [0.25, 0.3) is 11.1 Å². The SMILES string of the molecule is PC(c1ccccc1)(c1ccccc1)c1ccc(Cl)c(-c2ccccc2)c1Cl. The molecule has 0 aliphatic carbocycles. The van der Waals surface area contributed by atoms with E-state index in [-0.39, 0.29) is 0 Å². The first-order valence-corrected chi connectivity index (χ1v) is 10.4. The molecule has 3 heteroatoms. The monoisotopic (exact) mass is 420 g/mol. The van der Waals surface area contributed by atoms with Gasteiger partial charge >= 0.3 is 0 Å². The number of hydrogen-bond donors (Lipinski definition) is 0. The lowest BCUT2D eigenvalue weighted by molar-refractivity contribution is 0.897. The fourth-order valence-corrected chi connectivity index (χ4v) is 5.06. The predicted octanol–water partition coefficient (Wildman–Crippen LogP) is 7.83. The summed E-state index contributed by atoms with van der Waals surface area (Å²) in [6.07, 6.45) is 0. The molecule has 0 aliphatic heterocycles. The van der Waals surface area contributed by atoms with Crippen molar-refractivity contribution in [1.29, 1.82) is 0 Å². The summed E-state index contributed by atoms with van der Waals surface area (Å²) in [6.45, 7) is 0. The van der Waals surface area contributed by atoms with Crippen molar-refractivity contribution in [2.75, 3.05) is 0 Å². The van der Waals surface area contributed by atoms with Crippen LogP contribution >= 0.6 is 32.4 Å². The van der Waals surface area contributed by atoms with E-state index >= 15 is 0 Å². The molecule has 0 heterocycles. The summed E-state index contributed by atoms with van der Waals surface area (Å²) in [4.78, 5) is 0. The maximum Gasteiger partial charge on any atom is 0.0606 e. The van der Waals surface area contributed by atoms with Gasteiger partial charge in [-0.1, -0.05) is 120 Å². The molecule has 28 heavy (non-hydrogen) atoms. The molecule has 0 saturated carbocycles. The Hall–Kier alpha value is -2.11. The Bertz CT molecular complexity index is 1040. The quantitative estimate of drug-likeness (QED) is 0.233. The highest BCUT2D eigenvalue weighted by atomic mass is 35.5. The van der Waals surface area contributed by atoms with Gasteiger partial charge in [0, 0.05) is 10.6 Å². The average Bonchev–Trinajstić information content (AvgIpc) is 2.75. The Morgan fingerprint density at radius 2 is 1.04 bits per heavy atom. The van der Waals surface area contributed by atoms with Crippen molar-refractivity contribution in [3.8, 4) is 11.1 Å². The summed E-state index contributed by atoms with van der Waals surface area (Å²) in [5, 5.41) is 0.822. The Labute approximate surface area is 178 Å². The number of hydrogen-bond acceptors (Lipinski definition) is 0. The van der Waals surface area contributed by atoms with Crippen LogP contribution in [0.2, 0.25) is 10.0 Å². The van der Waals surface area contributed by atoms with Crippen molar-refractivity contribution >= 4 is 32.4 Å². The highest BCUT2D eigenvalue weighted by Gasteiger charge is 2.34. The van der Waals surface area contributed by atoms with Gasteiger partial charge in [0.25, 0.3) is 0 Å². The minimum absolute atomic E-state index is 0.492. The van der Waals surface area contributed by atoms with Crippen LogP contribution in [0.5, 0.6) is 0 Å². The van der Waals surface area contributed by atoms with E-state index in [1.165, 1.54) is 0 Å². The van der Waals surface area contributed by atoms with Gasteiger partial charge in [0.05, 0.1) is 10.2 Å². The van der Waals surface area contributed by atoms with Crippen LogP contribution in [0.15, 0.2) is 103 Å². The zero-order chi connectivity index (χ0) is 19.6. The van der Waals surface area contributed by atoms with Crippen molar-refractivity contribution in [2.24, 2.45) is 0 Å². The summed E-state index contributed by atoms with van der Waals surface area (Å²) >= 11 is 13.6. The lowest BCUT2D eigenvalue weighted by Gasteiger charge is -2.33. The molecule has 0 amide bonds. The van der Waals surface area contributed by atoms with Crippen LogP contribution in [-0.4, -0.2) is 0 Å². The fourth-order valence-electron chi connectivity index (χ4n) is 3.61. The van der Waals surface area contributed by atoms with Crippen LogP contribution in [0.1, 0.15) is 16.7 Å². The number of rotatable bonds is 4. The van der Waals surface area contributed by atoms with Gasteiger partial charge in [-0.3, -0.25) is 0 Å². The van der Waals surface area contributed by atoms with E-state index in [9.17, 15) is 0 Å². The van der Waals surface area contributed by atoms with Gasteiger partial charge in [0.15, 0.2) is 0 Å². The standard InChI is InChI=1S/C25H19Cl2P/c26-22-17-16-21(24(27)23(22)18-10-4-1-5-11-18)25(28,19-12-6-2-7-13-19)20-14-8-3-9-15-20/h1-17H,28H2. The molecule has 4 aromatic rings.